The number of sulfonamides is 1. The summed E-state index contributed by atoms with van der Waals surface area (Å²) in [6.45, 7) is 1.66. The van der Waals surface area contributed by atoms with Crippen molar-refractivity contribution in [3.8, 4) is 5.75 Å². The van der Waals surface area contributed by atoms with E-state index in [1.807, 2.05) is 0 Å². The van der Waals surface area contributed by atoms with E-state index in [0.717, 1.165) is 0 Å². The van der Waals surface area contributed by atoms with Crippen molar-refractivity contribution >= 4 is 21.5 Å². The molecule has 7 nitrogen and oxygen atoms in total. The lowest BCUT2D eigenvalue weighted by molar-refractivity contribution is 0.343. The van der Waals surface area contributed by atoms with E-state index in [1.54, 1.807) is 31.2 Å². The Kier molecular flexibility index (Phi) is 4.14. The highest BCUT2D eigenvalue weighted by molar-refractivity contribution is 7.92. The van der Waals surface area contributed by atoms with E-state index in [-0.39, 0.29) is 18.2 Å². The molecule has 0 saturated heterocycles. The summed E-state index contributed by atoms with van der Waals surface area (Å²) in [4.78, 5) is 0. The number of nitrogen functional groups attached to an aromatic ring is 1. The zero-order valence-corrected chi connectivity index (χ0v) is 11.7. The molecule has 0 amide bonds. The average molecular weight is 297 g/mol. The van der Waals surface area contributed by atoms with Crippen LogP contribution in [0.3, 0.4) is 0 Å². The van der Waals surface area contributed by atoms with Crippen LogP contribution in [0.2, 0.25) is 0 Å². The standard InChI is InChI=1S/C12H15N3O4S/c1-9-8-12(14-19-9)15-20(16,17)7-6-18-11-5-3-2-4-10(11)13/h2-5,8H,6-7,13H2,1H3,(H,14,15). The van der Waals surface area contributed by atoms with E-state index >= 15 is 0 Å². The number of nitrogens with two attached hydrogens (primary N) is 1. The van der Waals surface area contributed by atoms with Gasteiger partial charge >= 0.3 is 0 Å². The molecule has 0 radical (unpaired) electrons. The molecule has 1 aromatic heterocycles. The smallest absolute Gasteiger partial charge is 0.237 e. The third kappa shape index (κ3) is 3.89. The van der Waals surface area contributed by atoms with E-state index in [1.165, 1.54) is 6.07 Å². The number of ether oxygens (including phenoxy) is 1. The molecule has 0 fully saturated rings. The highest BCUT2D eigenvalue weighted by atomic mass is 32.2. The van der Waals surface area contributed by atoms with Gasteiger partial charge < -0.3 is 15.0 Å². The Balaban J connectivity index is 1.88. The second-order valence-electron chi connectivity index (χ2n) is 4.13. The zero-order valence-electron chi connectivity index (χ0n) is 10.9. The number of nitrogens with one attached hydrogen (secondary N) is 1. The summed E-state index contributed by atoms with van der Waals surface area (Å²) in [6, 6.07) is 8.38. The van der Waals surface area contributed by atoms with Gasteiger partial charge in [0.2, 0.25) is 10.0 Å². The molecule has 0 aliphatic heterocycles. The van der Waals surface area contributed by atoms with E-state index in [9.17, 15) is 8.42 Å². The normalized spacial score (nSPS) is 11.2. The summed E-state index contributed by atoms with van der Waals surface area (Å²) in [5, 5.41) is 3.56. The van der Waals surface area contributed by atoms with Gasteiger partial charge in [0.1, 0.15) is 23.9 Å². The van der Waals surface area contributed by atoms with Crippen molar-refractivity contribution in [1.29, 1.82) is 0 Å². The van der Waals surface area contributed by atoms with E-state index in [0.29, 0.717) is 17.2 Å². The summed E-state index contributed by atoms with van der Waals surface area (Å²) in [5.74, 6) is 0.922. The molecule has 3 N–H and O–H groups in total. The summed E-state index contributed by atoms with van der Waals surface area (Å²) in [6.07, 6.45) is 0. The predicted octanol–water partition coefficient (Wildman–Crippen LogP) is 1.39. The lowest BCUT2D eigenvalue weighted by atomic mass is 10.3. The van der Waals surface area contributed by atoms with Crippen molar-refractivity contribution in [2.75, 3.05) is 22.8 Å². The van der Waals surface area contributed by atoms with Gasteiger partial charge in [-0.2, -0.15) is 0 Å². The second-order valence-corrected chi connectivity index (χ2v) is 5.97. The van der Waals surface area contributed by atoms with Crippen LogP contribution in [0.25, 0.3) is 0 Å². The zero-order chi connectivity index (χ0) is 14.6. The maximum absolute atomic E-state index is 11.8. The van der Waals surface area contributed by atoms with Crippen LogP contribution in [0, 0.1) is 6.92 Å². The largest absolute Gasteiger partial charge is 0.490 e. The third-order valence-corrected chi connectivity index (χ3v) is 3.64. The van der Waals surface area contributed by atoms with Crippen molar-refractivity contribution in [3.63, 3.8) is 0 Å². The number of aryl methyl sites for hydroxylation is 1. The first-order valence-electron chi connectivity index (χ1n) is 5.87. The van der Waals surface area contributed by atoms with Gasteiger partial charge in [-0.25, -0.2) is 8.42 Å². The Morgan fingerprint density at radius 1 is 1.40 bits per heavy atom. The van der Waals surface area contributed by atoms with E-state index in [4.69, 9.17) is 15.0 Å². The number of aromatic nitrogens is 1. The van der Waals surface area contributed by atoms with Crippen LogP contribution in [0.15, 0.2) is 34.9 Å². The molecule has 20 heavy (non-hydrogen) atoms. The summed E-state index contributed by atoms with van der Waals surface area (Å²) >= 11 is 0. The van der Waals surface area contributed by atoms with E-state index < -0.39 is 10.0 Å². The fraction of sp³-hybridized carbons (Fsp3) is 0.250. The molecule has 0 spiro atoms. The molecule has 0 aliphatic carbocycles. The molecule has 0 atom stereocenters. The second kappa shape index (κ2) is 5.83. The highest BCUT2D eigenvalue weighted by Gasteiger charge is 2.13. The van der Waals surface area contributed by atoms with Crippen LogP contribution in [0.1, 0.15) is 5.76 Å². The molecule has 0 aliphatic rings. The quantitative estimate of drug-likeness (QED) is 0.780. The number of hydrogen-bond donors (Lipinski definition) is 2. The third-order valence-electron chi connectivity index (χ3n) is 2.42. The Morgan fingerprint density at radius 3 is 2.80 bits per heavy atom. The van der Waals surface area contributed by atoms with Crippen molar-refractivity contribution in [2.24, 2.45) is 0 Å². The van der Waals surface area contributed by atoms with Crippen LogP contribution in [0.4, 0.5) is 11.5 Å². The van der Waals surface area contributed by atoms with Crippen LogP contribution in [-0.4, -0.2) is 25.9 Å². The molecule has 2 aromatic rings. The van der Waals surface area contributed by atoms with E-state index in [2.05, 4.69) is 9.88 Å². The minimum absolute atomic E-state index is 0.0135. The number of rotatable bonds is 6. The summed E-state index contributed by atoms with van der Waals surface area (Å²) in [5.41, 5.74) is 6.15. The number of para-hydroxylation sites is 2. The topological polar surface area (TPSA) is 107 Å². The Morgan fingerprint density at radius 2 is 2.15 bits per heavy atom. The maximum Gasteiger partial charge on any atom is 0.237 e. The molecule has 0 unspecified atom stereocenters. The number of hydrogen-bond acceptors (Lipinski definition) is 6. The fourth-order valence-corrected chi connectivity index (χ4v) is 2.32. The van der Waals surface area contributed by atoms with Crippen molar-refractivity contribution in [1.82, 2.24) is 5.16 Å². The molecule has 108 valence electrons. The molecule has 0 bridgehead atoms. The molecule has 1 heterocycles. The first-order valence-corrected chi connectivity index (χ1v) is 7.52. The van der Waals surface area contributed by atoms with Gasteiger partial charge in [0.15, 0.2) is 5.82 Å². The van der Waals surface area contributed by atoms with Crippen LogP contribution in [0.5, 0.6) is 5.75 Å². The summed E-state index contributed by atoms with van der Waals surface area (Å²) < 4.78 is 36.0. The van der Waals surface area contributed by atoms with Gasteiger partial charge in [0.05, 0.1) is 5.69 Å². The first-order chi connectivity index (χ1) is 9.46. The predicted molar refractivity (Wildman–Crippen MR) is 75.0 cm³/mol. The van der Waals surface area contributed by atoms with Gasteiger partial charge in [0, 0.05) is 6.07 Å². The SMILES string of the molecule is Cc1cc(NS(=O)(=O)CCOc2ccccc2N)no1. The molecule has 0 saturated carbocycles. The minimum atomic E-state index is -3.54. The average Bonchev–Trinajstić information content (AvgIpc) is 2.76. The monoisotopic (exact) mass is 297 g/mol. The maximum atomic E-state index is 11.8. The van der Waals surface area contributed by atoms with Crippen LogP contribution < -0.4 is 15.2 Å². The molecule has 2 rings (SSSR count). The molecule has 8 heteroatoms. The van der Waals surface area contributed by atoms with Crippen molar-refractivity contribution in [3.05, 3.63) is 36.1 Å². The fourth-order valence-electron chi connectivity index (χ4n) is 1.50. The number of nitrogens with zero attached hydrogens (tertiary/aromatic N) is 1. The molecule has 1 aromatic carbocycles. The van der Waals surface area contributed by atoms with Gasteiger partial charge in [-0.3, -0.25) is 4.72 Å². The lowest BCUT2D eigenvalue weighted by Crippen LogP contribution is -2.21. The van der Waals surface area contributed by atoms with Crippen LogP contribution >= 0.6 is 0 Å². The lowest BCUT2D eigenvalue weighted by Gasteiger charge is -2.09. The highest BCUT2D eigenvalue weighted by Crippen LogP contribution is 2.19. The van der Waals surface area contributed by atoms with Gasteiger partial charge in [-0.05, 0) is 19.1 Å². The first kappa shape index (κ1) is 14.2. The van der Waals surface area contributed by atoms with Gasteiger partial charge in [-0.15, -0.1) is 0 Å². The Labute approximate surface area is 116 Å². The van der Waals surface area contributed by atoms with Crippen molar-refractivity contribution < 1.29 is 17.7 Å². The molecular formula is C12H15N3O4S. The number of anilines is 2. The molecular weight excluding hydrogens is 282 g/mol. The Hall–Kier alpha value is -2.22. The Bertz CT molecular complexity index is 682. The van der Waals surface area contributed by atoms with Gasteiger partial charge in [-0.1, -0.05) is 17.3 Å². The number of benzene rings is 1. The summed E-state index contributed by atoms with van der Waals surface area (Å²) in [7, 11) is -3.54. The van der Waals surface area contributed by atoms with Crippen LogP contribution in [-0.2, 0) is 10.0 Å². The van der Waals surface area contributed by atoms with Gasteiger partial charge in [0.25, 0.3) is 0 Å². The minimum Gasteiger partial charge on any atom is -0.490 e. The van der Waals surface area contributed by atoms with Crippen molar-refractivity contribution in [2.45, 2.75) is 6.92 Å².